The number of carbonyl (C=O) groups excluding carboxylic acids is 1. The summed E-state index contributed by atoms with van der Waals surface area (Å²) in [5, 5.41) is 12.8. The van der Waals surface area contributed by atoms with Crippen LogP contribution in [0.15, 0.2) is 70.5 Å². The fourth-order valence-electron chi connectivity index (χ4n) is 3.87. The van der Waals surface area contributed by atoms with E-state index in [-0.39, 0.29) is 11.3 Å². The van der Waals surface area contributed by atoms with E-state index in [9.17, 15) is 10.1 Å². The molecule has 34 heavy (non-hydrogen) atoms. The molecule has 3 aromatic rings. The third-order valence-electron chi connectivity index (χ3n) is 5.60. The monoisotopic (exact) mass is 489 g/mol. The van der Waals surface area contributed by atoms with Crippen LogP contribution < -0.4 is 15.0 Å². The van der Waals surface area contributed by atoms with Crippen LogP contribution >= 0.6 is 23.5 Å². The van der Waals surface area contributed by atoms with Crippen LogP contribution in [-0.2, 0) is 5.41 Å². The summed E-state index contributed by atoms with van der Waals surface area (Å²) in [4.78, 5) is 17.3. The predicted octanol–water partition coefficient (Wildman–Crippen LogP) is 6.74. The maximum absolute atomic E-state index is 13.1. The first-order chi connectivity index (χ1) is 16.3. The Morgan fingerprint density at radius 1 is 1.06 bits per heavy atom. The average molecular weight is 490 g/mol. The summed E-state index contributed by atoms with van der Waals surface area (Å²) in [5.41, 5.74) is 3.72. The van der Waals surface area contributed by atoms with Crippen LogP contribution in [0.4, 0.5) is 11.4 Å². The van der Waals surface area contributed by atoms with Crippen molar-refractivity contribution in [2.75, 3.05) is 29.1 Å². The van der Waals surface area contributed by atoms with Crippen LogP contribution in [0.25, 0.3) is 0 Å². The van der Waals surface area contributed by atoms with E-state index in [2.05, 4.69) is 35.7 Å². The van der Waals surface area contributed by atoms with Gasteiger partial charge < -0.3 is 10.1 Å². The highest BCUT2D eigenvalue weighted by molar-refractivity contribution is 8.00. The zero-order valence-corrected chi connectivity index (χ0v) is 21.3. The summed E-state index contributed by atoms with van der Waals surface area (Å²) < 4.78 is 5.46. The molecule has 1 amide bonds. The number of nitrogens with one attached hydrogen (secondary N) is 1. The van der Waals surface area contributed by atoms with Gasteiger partial charge in [0.1, 0.15) is 11.8 Å². The Bertz CT molecular complexity index is 1240. The highest BCUT2D eigenvalue weighted by Crippen LogP contribution is 2.40. The van der Waals surface area contributed by atoms with E-state index in [1.807, 2.05) is 62.9 Å². The number of amides is 1. The van der Waals surface area contributed by atoms with Gasteiger partial charge in [-0.3, -0.25) is 9.69 Å². The molecule has 0 fully saturated rings. The fraction of sp³-hybridized carbons (Fsp3) is 0.259. The molecular weight excluding hydrogens is 462 g/mol. The molecule has 3 aromatic carbocycles. The Hall–Kier alpha value is -3.08. The van der Waals surface area contributed by atoms with Crippen molar-refractivity contribution in [3.8, 4) is 11.8 Å². The van der Waals surface area contributed by atoms with Gasteiger partial charge in [-0.2, -0.15) is 5.26 Å². The van der Waals surface area contributed by atoms with Crippen molar-refractivity contribution in [3.63, 3.8) is 0 Å². The second kappa shape index (κ2) is 10.0. The molecule has 0 atom stereocenters. The summed E-state index contributed by atoms with van der Waals surface area (Å²) in [6, 6.07) is 21.9. The van der Waals surface area contributed by atoms with Crippen LogP contribution in [-0.4, -0.2) is 24.8 Å². The molecule has 174 valence electrons. The fourth-order valence-corrected chi connectivity index (χ4v) is 5.75. The molecule has 0 saturated heterocycles. The van der Waals surface area contributed by atoms with E-state index < -0.39 is 0 Å². The minimum Gasteiger partial charge on any atom is -0.495 e. The molecule has 2 aliphatic heterocycles. The largest absolute Gasteiger partial charge is 0.495 e. The molecule has 0 saturated carbocycles. The summed E-state index contributed by atoms with van der Waals surface area (Å²) >= 11 is 3.50. The van der Waals surface area contributed by atoms with Gasteiger partial charge in [0.15, 0.2) is 0 Å². The number of anilines is 2. The van der Waals surface area contributed by atoms with Crippen molar-refractivity contribution < 1.29 is 9.53 Å². The SMILES string of the molecule is COc1c(C#N)cc(C(=O)N2CSc3ccccc32)cc1C(C)(C)C.c1ccc2c(c1)NCS2. The van der Waals surface area contributed by atoms with Crippen LogP contribution in [0.2, 0.25) is 0 Å². The maximum Gasteiger partial charge on any atom is 0.259 e. The number of nitriles is 1. The molecule has 0 spiro atoms. The number of ether oxygens (including phenoxy) is 1. The van der Waals surface area contributed by atoms with E-state index in [0.717, 1.165) is 22.0 Å². The van der Waals surface area contributed by atoms with Crippen molar-refractivity contribution in [2.24, 2.45) is 0 Å². The number of fused-ring (bicyclic) bond motifs is 2. The third kappa shape index (κ3) is 4.89. The first kappa shape index (κ1) is 24.1. The molecule has 2 heterocycles. The van der Waals surface area contributed by atoms with Crippen LogP contribution in [0.3, 0.4) is 0 Å². The Kier molecular flexibility index (Phi) is 7.11. The lowest BCUT2D eigenvalue weighted by molar-refractivity contribution is 0.0991. The number of rotatable bonds is 2. The number of hydrogen-bond acceptors (Lipinski definition) is 6. The standard InChI is InChI=1S/C20H20N2O2S.C7H7NS/c1-20(2,3)15-10-13(9-14(11-21)18(15)24-4)19(23)22-12-25-17-8-6-5-7-16(17)22;1-2-4-7-6(3-1)8-5-9-7/h5-10H,12H2,1-4H3;1-4,8H,5H2. The van der Waals surface area contributed by atoms with Gasteiger partial charge in [0.2, 0.25) is 0 Å². The van der Waals surface area contributed by atoms with E-state index in [1.165, 1.54) is 10.6 Å². The van der Waals surface area contributed by atoms with Crippen LogP contribution in [0, 0.1) is 11.3 Å². The van der Waals surface area contributed by atoms with Crippen molar-refractivity contribution in [1.29, 1.82) is 5.26 Å². The number of thioether (sulfide) groups is 2. The number of methoxy groups -OCH3 is 1. The molecule has 0 aromatic heterocycles. The Labute approximate surface area is 209 Å². The Morgan fingerprint density at radius 2 is 1.76 bits per heavy atom. The summed E-state index contributed by atoms with van der Waals surface area (Å²) in [5.74, 6) is 2.06. The highest BCUT2D eigenvalue weighted by Gasteiger charge is 2.29. The van der Waals surface area contributed by atoms with Crippen molar-refractivity contribution in [2.45, 2.75) is 36.0 Å². The highest BCUT2D eigenvalue weighted by atomic mass is 32.2. The van der Waals surface area contributed by atoms with Crippen molar-refractivity contribution in [3.05, 3.63) is 77.4 Å². The number of carbonyl (C=O) groups is 1. The zero-order chi connectivity index (χ0) is 24.3. The van der Waals surface area contributed by atoms with Gasteiger partial charge >= 0.3 is 0 Å². The second-order valence-electron chi connectivity index (χ2n) is 8.90. The maximum atomic E-state index is 13.1. The first-order valence-electron chi connectivity index (χ1n) is 11.0. The molecule has 0 aliphatic carbocycles. The van der Waals surface area contributed by atoms with E-state index >= 15 is 0 Å². The lowest BCUT2D eigenvalue weighted by atomic mass is 9.84. The average Bonchev–Trinajstić information content (AvgIpc) is 3.49. The molecule has 0 bridgehead atoms. The minimum atomic E-state index is -0.245. The molecule has 5 rings (SSSR count). The quantitative estimate of drug-likeness (QED) is 0.430. The number of nitrogens with zero attached hydrogens (tertiary/aromatic N) is 2. The lowest BCUT2D eigenvalue weighted by Gasteiger charge is -2.24. The molecule has 5 nitrogen and oxygen atoms in total. The minimum absolute atomic E-state index is 0.0953. The molecule has 0 radical (unpaired) electrons. The van der Waals surface area contributed by atoms with Crippen LogP contribution in [0.5, 0.6) is 5.75 Å². The summed E-state index contributed by atoms with van der Waals surface area (Å²) in [6.45, 7) is 6.13. The third-order valence-corrected chi connectivity index (χ3v) is 7.60. The first-order valence-corrected chi connectivity index (χ1v) is 12.9. The van der Waals surface area contributed by atoms with Gasteiger partial charge in [0.05, 0.1) is 30.1 Å². The van der Waals surface area contributed by atoms with Crippen molar-refractivity contribution in [1.82, 2.24) is 0 Å². The number of para-hydroxylation sites is 2. The predicted molar refractivity (Wildman–Crippen MR) is 141 cm³/mol. The molecule has 7 heteroatoms. The molecule has 2 aliphatic rings. The van der Waals surface area contributed by atoms with Gasteiger partial charge in [-0.05, 0) is 41.8 Å². The zero-order valence-electron chi connectivity index (χ0n) is 19.7. The van der Waals surface area contributed by atoms with Gasteiger partial charge in [-0.25, -0.2) is 0 Å². The molecular formula is C27H27N3O2S2. The van der Waals surface area contributed by atoms with Gasteiger partial charge in [-0.15, -0.1) is 23.5 Å². The Balaban J connectivity index is 0.000000252. The van der Waals surface area contributed by atoms with E-state index in [0.29, 0.717) is 22.8 Å². The number of benzene rings is 3. The molecule has 1 N–H and O–H groups in total. The van der Waals surface area contributed by atoms with Gasteiger partial charge in [-0.1, -0.05) is 45.0 Å². The lowest BCUT2D eigenvalue weighted by Crippen LogP contribution is -2.28. The second-order valence-corrected chi connectivity index (χ2v) is 10.9. The normalized spacial score (nSPS) is 13.7. The summed E-state index contributed by atoms with van der Waals surface area (Å²) in [6.07, 6.45) is 0. The number of hydrogen-bond donors (Lipinski definition) is 1. The Morgan fingerprint density at radius 3 is 2.44 bits per heavy atom. The van der Waals surface area contributed by atoms with Gasteiger partial charge in [0, 0.05) is 26.6 Å². The molecule has 0 unspecified atom stereocenters. The topological polar surface area (TPSA) is 65.4 Å². The smallest absolute Gasteiger partial charge is 0.259 e. The van der Waals surface area contributed by atoms with Crippen molar-refractivity contribution >= 4 is 40.8 Å². The van der Waals surface area contributed by atoms with Gasteiger partial charge in [0.25, 0.3) is 5.91 Å². The van der Waals surface area contributed by atoms with E-state index in [4.69, 9.17) is 4.74 Å². The van der Waals surface area contributed by atoms with Crippen LogP contribution in [0.1, 0.15) is 42.3 Å². The summed E-state index contributed by atoms with van der Waals surface area (Å²) in [7, 11) is 1.56. The van der Waals surface area contributed by atoms with E-state index in [1.54, 1.807) is 29.8 Å².